The van der Waals surface area contributed by atoms with Crippen molar-refractivity contribution in [3.8, 4) is 73.2 Å². The summed E-state index contributed by atoms with van der Waals surface area (Å²) in [6.07, 6.45) is 0. The minimum Gasteiger partial charge on any atom is -0.309 e. The standard InChI is InChI=1S/C74H53N5/c1-46-21-25-52(26-22-46)65-45-66(76-74(75-65)55-27-23-47(2)24-28-55)53-33-29-50(30-34-53)51-31-35-54(36-32-51)73-48(3)41-58(42-49(73)4)79-71-39-37-56(77-67-17-9-5-13-59(67)60-14-6-10-18-68(60)77)43-63(71)64-44-57(38-40-72(64)79)78-69-19-11-7-15-61(69)62-16-8-12-20-70(62)78/h5-45H,1-4H3. The first-order valence-electron chi connectivity index (χ1n) is 27.2. The first kappa shape index (κ1) is 46.2. The summed E-state index contributed by atoms with van der Waals surface area (Å²) < 4.78 is 7.33. The Morgan fingerprint density at radius 2 is 0.582 bits per heavy atom. The van der Waals surface area contributed by atoms with Gasteiger partial charge in [0.05, 0.1) is 44.5 Å². The molecule has 0 unspecified atom stereocenters. The Morgan fingerprint density at radius 3 is 1.00 bits per heavy atom. The largest absolute Gasteiger partial charge is 0.309 e. The smallest absolute Gasteiger partial charge is 0.160 e. The van der Waals surface area contributed by atoms with Crippen molar-refractivity contribution in [2.24, 2.45) is 0 Å². The molecular formula is C74H53N5. The molecule has 5 heteroatoms. The Kier molecular flexibility index (Phi) is 10.7. The van der Waals surface area contributed by atoms with Gasteiger partial charge in [-0.05, 0) is 140 Å². The number of rotatable bonds is 8. The van der Waals surface area contributed by atoms with Gasteiger partial charge in [-0.25, -0.2) is 9.97 Å². The van der Waals surface area contributed by atoms with Crippen LogP contribution >= 0.6 is 0 Å². The average Bonchev–Trinajstić information content (AvgIpc) is 4.08. The molecule has 5 nitrogen and oxygen atoms in total. The molecule has 0 bridgehead atoms. The predicted octanol–water partition coefficient (Wildman–Crippen LogP) is 19.3. The van der Waals surface area contributed by atoms with Crippen molar-refractivity contribution in [3.05, 3.63) is 271 Å². The number of fused-ring (bicyclic) bond motifs is 9. The van der Waals surface area contributed by atoms with E-state index in [1.54, 1.807) is 0 Å². The van der Waals surface area contributed by atoms with Crippen LogP contribution in [0.2, 0.25) is 0 Å². The molecule has 0 aliphatic carbocycles. The van der Waals surface area contributed by atoms with Crippen molar-refractivity contribution in [2.45, 2.75) is 27.7 Å². The fourth-order valence-corrected chi connectivity index (χ4v) is 12.4. The number of aryl methyl sites for hydroxylation is 4. The van der Waals surface area contributed by atoms with Gasteiger partial charge in [0.15, 0.2) is 5.82 Å². The Morgan fingerprint density at radius 1 is 0.253 bits per heavy atom. The normalized spacial score (nSPS) is 11.8. The Labute approximate surface area is 458 Å². The van der Waals surface area contributed by atoms with Crippen molar-refractivity contribution >= 4 is 65.4 Å². The minimum atomic E-state index is 0.719. The van der Waals surface area contributed by atoms with Gasteiger partial charge in [0.2, 0.25) is 0 Å². The third-order valence-corrected chi connectivity index (χ3v) is 16.3. The second-order valence-electron chi connectivity index (χ2n) is 21.3. The molecule has 79 heavy (non-hydrogen) atoms. The van der Waals surface area contributed by atoms with Crippen LogP contribution in [-0.2, 0) is 0 Å². The molecule has 4 heterocycles. The molecule has 4 aromatic heterocycles. The van der Waals surface area contributed by atoms with Crippen LogP contribution in [0, 0.1) is 27.7 Å². The lowest BCUT2D eigenvalue weighted by Crippen LogP contribution is -1.99. The molecule has 374 valence electrons. The van der Waals surface area contributed by atoms with Crippen molar-refractivity contribution in [3.63, 3.8) is 0 Å². The minimum absolute atomic E-state index is 0.719. The molecule has 0 saturated heterocycles. The molecular weight excluding hydrogens is 959 g/mol. The van der Waals surface area contributed by atoms with Crippen LogP contribution in [0.3, 0.4) is 0 Å². The van der Waals surface area contributed by atoms with Gasteiger partial charge in [-0.2, -0.15) is 0 Å². The lowest BCUT2D eigenvalue weighted by molar-refractivity contribution is 1.15. The molecule has 15 aromatic rings. The Balaban J connectivity index is 0.806. The molecule has 0 aliphatic heterocycles. The van der Waals surface area contributed by atoms with Crippen molar-refractivity contribution in [1.82, 2.24) is 23.7 Å². The summed E-state index contributed by atoms with van der Waals surface area (Å²) in [5.74, 6) is 0.719. The van der Waals surface area contributed by atoms with E-state index in [-0.39, 0.29) is 0 Å². The summed E-state index contributed by atoms with van der Waals surface area (Å²) in [5.41, 5.74) is 25.1. The zero-order valence-electron chi connectivity index (χ0n) is 44.4. The average molecular weight is 1010 g/mol. The Hall–Kier alpha value is -10.1. The number of benzene rings is 11. The number of hydrogen-bond donors (Lipinski definition) is 0. The van der Waals surface area contributed by atoms with Gasteiger partial charge in [-0.15, -0.1) is 0 Å². The van der Waals surface area contributed by atoms with Gasteiger partial charge in [-0.3, -0.25) is 0 Å². The zero-order valence-corrected chi connectivity index (χ0v) is 44.4. The summed E-state index contributed by atoms with van der Waals surface area (Å²) in [6, 6.07) is 90.9. The summed E-state index contributed by atoms with van der Waals surface area (Å²) in [5, 5.41) is 7.43. The quantitative estimate of drug-likeness (QED) is 0.152. The van der Waals surface area contributed by atoms with Gasteiger partial charge in [0.25, 0.3) is 0 Å². The van der Waals surface area contributed by atoms with Crippen LogP contribution in [0.1, 0.15) is 22.3 Å². The molecule has 0 fully saturated rings. The van der Waals surface area contributed by atoms with Gasteiger partial charge < -0.3 is 13.7 Å². The van der Waals surface area contributed by atoms with Crippen LogP contribution in [-0.4, -0.2) is 23.7 Å². The fourth-order valence-electron chi connectivity index (χ4n) is 12.4. The van der Waals surface area contributed by atoms with E-state index in [0.29, 0.717) is 0 Å². The van der Waals surface area contributed by atoms with Crippen LogP contribution in [0.15, 0.2) is 249 Å². The molecule has 15 rings (SSSR count). The van der Waals surface area contributed by atoms with Gasteiger partial charge >= 0.3 is 0 Å². The van der Waals surface area contributed by atoms with Crippen molar-refractivity contribution < 1.29 is 0 Å². The molecule has 0 aliphatic rings. The molecule has 0 atom stereocenters. The van der Waals surface area contributed by atoms with Gasteiger partial charge in [-0.1, -0.05) is 181 Å². The monoisotopic (exact) mass is 1010 g/mol. The number of aromatic nitrogens is 5. The van der Waals surface area contributed by atoms with E-state index in [1.165, 1.54) is 98.8 Å². The lowest BCUT2D eigenvalue weighted by Gasteiger charge is -2.16. The zero-order chi connectivity index (χ0) is 52.9. The summed E-state index contributed by atoms with van der Waals surface area (Å²) in [4.78, 5) is 10.2. The third-order valence-electron chi connectivity index (χ3n) is 16.3. The highest BCUT2D eigenvalue weighted by atomic mass is 15.0. The highest BCUT2D eigenvalue weighted by Gasteiger charge is 2.21. The second-order valence-corrected chi connectivity index (χ2v) is 21.3. The molecule has 0 N–H and O–H groups in total. The topological polar surface area (TPSA) is 40.6 Å². The molecule has 0 spiro atoms. The lowest BCUT2D eigenvalue weighted by atomic mass is 9.93. The van der Waals surface area contributed by atoms with E-state index in [0.717, 1.165) is 62.1 Å². The molecule has 11 aromatic carbocycles. The van der Waals surface area contributed by atoms with Crippen LogP contribution in [0.4, 0.5) is 0 Å². The van der Waals surface area contributed by atoms with E-state index in [2.05, 4.69) is 290 Å². The summed E-state index contributed by atoms with van der Waals surface area (Å²) in [6.45, 7) is 8.73. The van der Waals surface area contributed by atoms with E-state index in [9.17, 15) is 0 Å². The molecule has 0 amide bonds. The maximum Gasteiger partial charge on any atom is 0.160 e. The highest BCUT2D eigenvalue weighted by Crippen LogP contribution is 2.41. The second kappa shape index (κ2) is 18.3. The highest BCUT2D eigenvalue weighted by molar-refractivity contribution is 6.14. The summed E-state index contributed by atoms with van der Waals surface area (Å²) in [7, 11) is 0. The molecule has 0 radical (unpaired) electrons. The van der Waals surface area contributed by atoms with Gasteiger partial charge in [0.1, 0.15) is 0 Å². The molecule has 0 saturated carbocycles. The number of para-hydroxylation sites is 4. The number of nitrogens with zero attached hydrogens (tertiary/aromatic N) is 5. The third kappa shape index (κ3) is 7.68. The van der Waals surface area contributed by atoms with E-state index >= 15 is 0 Å². The fraction of sp³-hybridized carbons (Fsp3) is 0.0541. The van der Waals surface area contributed by atoms with Crippen LogP contribution in [0.5, 0.6) is 0 Å². The van der Waals surface area contributed by atoms with E-state index in [4.69, 9.17) is 9.97 Å². The van der Waals surface area contributed by atoms with E-state index < -0.39 is 0 Å². The number of hydrogen-bond acceptors (Lipinski definition) is 2. The predicted molar refractivity (Wildman–Crippen MR) is 331 cm³/mol. The summed E-state index contributed by atoms with van der Waals surface area (Å²) >= 11 is 0. The Bertz CT molecular complexity index is 4530. The first-order chi connectivity index (χ1) is 38.8. The van der Waals surface area contributed by atoms with Crippen LogP contribution < -0.4 is 0 Å². The van der Waals surface area contributed by atoms with E-state index in [1.807, 2.05) is 0 Å². The maximum atomic E-state index is 5.11. The van der Waals surface area contributed by atoms with Gasteiger partial charge in [0, 0.05) is 66.1 Å². The van der Waals surface area contributed by atoms with Crippen molar-refractivity contribution in [1.29, 1.82) is 0 Å². The van der Waals surface area contributed by atoms with Crippen molar-refractivity contribution in [2.75, 3.05) is 0 Å². The maximum absolute atomic E-state index is 5.11. The SMILES string of the molecule is Cc1ccc(-c2cc(-c3ccc(-c4ccc(-c5c(C)cc(-n6c7ccc(-n8c9ccccc9c9ccccc98)cc7c7cc(-n8c9ccccc9c9ccccc98)ccc76)cc5C)cc4)cc3)nc(-c3ccc(C)cc3)n2)cc1. The first-order valence-corrected chi connectivity index (χ1v) is 27.2. The van der Waals surface area contributed by atoms with Crippen LogP contribution in [0.25, 0.3) is 139 Å².